The molecule has 1 N–H and O–H groups in total. The third-order valence-electron chi connectivity index (χ3n) is 5.77. The van der Waals surface area contributed by atoms with Crippen molar-refractivity contribution in [2.75, 3.05) is 11.9 Å². The predicted octanol–water partition coefficient (Wildman–Crippen LogP) is 2.37. The van der Waals surface area contributed by atoms with Gasteiger partial charge in [0, 0.05) is 24.1 Å². The van der Waals surface area contributed by atoms with Crippen LogP contribution in [0, 0.1) is 0 Å². The maximum absolute atomic E-state index is 13.1. The van der Waals surface area contributed by atoms with Crippen molar-refractivity contribution in [3.05, 3.63) is 45.6 Å². The number of nitrogens with zero attached hydrogens (tertiary/aromatic N) is 6. The number of fused-ring (bicyclic) bond motifs is 2. The molecule has 164 valence electrons. The van der Waals surface area contributed by atoms with E-state index < -0.39 is 12.0 Å². The lowest BCUT2D eigenvalue weighted by atomic mass is 9.91. The van der Waals surface area contributed by atoms with Crippen molar-refractivity contribution < 1.29 is 17.9 Å². The van der Waals surface area contributed by atoms with Gasteiger partial charge in [-0.3, -0.25) is 4.79 Å². The van der Waals surface area contributed by atoms with Gasteiger partial charge in [0.25, 0.3) is 11.4 Å². The van der Waals surface area contributed by atoms with E-state index in [1.54, 1.807) is 16.8 Å². The van der Waals surface area contributed by atoms with Gasteiger partial charge in [0.05, 0.1) is 24.9 Å². The maximum Gasteiger partial charge on any atom is 0.453 e. The highest BCUT2D eigenvalue weighted by Crippen LogP contribution is 2.30. The van der Waals surface area contributed by atoms with E-state index in [9.17, 15) is 18.0 Å². The molecule has 1 aliphatic heterocycles. The smallest absolute Gasteiger partial charge is 0.376 e. The number of ether oxygens (including phenoxy) is 1. The van der Waals surface area contributed by atoms with Crippen molar-refractivity contribution in [1.82, 2.24) is 29.6 Å². The van der Waals surface area contributed by atoms with Crippen molar-refractivity contribution in [3.8, 4) is 0 Å². The Hall–Kier alpha value is -3.02. The second-order valence-corrected chi connectivity index (χ2v) is 7.86. The number of halogens is 3. The molecule has 12 heteroatoms. The van der Waals surface area contributed by atoms with Gasteiger partial charge in [-0.25, -0.2) is 4.68 Å². The normalized spacial score (nSPS) is 21.8. The first-order chi connectivity index (χ1) is 14.9. The summed E-state index contributed by atoms with van der Waals surface area (Å²) in [7, 11) is 0. The summed E-state index contributed by atoms with van der Waals surface area (Å²) < 4.78 is 46.8. The van der Waals surface area contributed by atoms with E-state index in [0.29, 0.717) is 30.0 Å². The number of aromatic nitrogens is 6. The molecule has 0 unspecified atom stereocenters. The highest BCUT2D eigenvalue weighted by molar-refractivity contribution is 5.44. The van der Waals surface area contributed by atoms with E-state index >= 15 is 0 Å². The average Bonchev–Trinajstić information content (AvgIpc) is 3.18. The fourth-order valence-electron chi connectivity index (χ4n) is 4.21. The highest BCUT2D eigenvalue weighted by Gasteiger charge is 2.37. The van der Waals surface area contributed by atoms with Crippen molar-refractivity contribution in [3.63, 3.8) is 0 Å². The van der Waals surface area contributed by atoms with E-state index in [-0.39, 0.29) is 23.3 Å². The van der Waals surface area contributed by atoms with Crippen LogP contribution in [0.3, 0.4) is 0 Å². The van der Waals surface area contributed by atoms with E-state index in [2.05, 4.69) is 25.7 Å². The van der Waals surface area contributed by atoms with Crippen LogP contribution >= 0.6 is 0 Å². The Morgan fingerprint density at radius 3 is 2.68 bits per heavy atom. The number of anilines is 1. The van der Waals surface area contributed by atoms with Gasteiger partial charge >= 0.3 is 6.18 Å². The molecule has 0 bridgehead atoms. The summed E-state index contributed by atoms with van der Waals surface area (Å²) in [4.78, 5) is 12.5. The van der Waals surface area contributed by atoms with Crippen LogP contribution in [0.1, 0.15) is 48.8 Å². The van der Waals surface area contributed by atoms with Crippen LogP contribution in [0.15, 0.2) is 23.0 Å². The fourth-order valence-corrected chi connectivity index (χ4v) is 4.21. The van der Waals surface area contributed by atoms with E-state index in [4.69, 9.17) is 4.74 Å². The molecule has 0 amide bonds. The Morgan fingerprint density at radius 1 is 1.10 bits per heavy atom. The monoisotopic (exact) mass is 435 g/mol. The van der Waals surface area contributed by atoms with Gasteiger partial charge in [-0.15, -0.1) is 15.3 Å². The molecule has 1 aliphatic carbocycles. The number of hydrogen-bond acceptors (Lipinski definition) is 7. The average molecular weight is 435 g/mol. The molecule has 9 nitrogen and oxygen atoms in total. The van der Waals surface area contributed by atoms with E-state index in [0.717, 1.165) is 36.9 Å². The predicted molar refractivity (Wildman–Crippen MR) is 103 cm³/mol. The first-order valence-corrected chi connectivity index (χ1v) is 10.1. The standard InChI is InChI=1S/C19H20F3N7O2/c20-19(21,22)18-25-24-16-6-5-15(27-29(16)18)23-12-1-3-13(4-2-12)28-17(30)9-11-10-31-8-7-14(11)26-28/h5-6,9,12-13H,1-4,7-8,10H2,(H,23,27). The topological polar surface area (TPSA) is 99.2 Å². The largest absolute Gasteiger partial charge is 0.453 e. The minimum Gasteiger partial charge on any atom is -0.376 e. The van der Waals surface area contributed by atoms with Crippen molar-refractivity contribution in [2.24, 2.45) is 0 Å². The molecular weight excluding hydrogens is 415 g/mol. The molecule has 2 aliphatic rings. The van der Waals surface area contributed by atoms with Gasteiger partial charge in [0.15, 0.2) is 5.65 Å². The molecule has 0 aromatic carbocycles. The molecule has 4 heterocycles. The van der Waals surface area contributed by atoms with Gasteiger partial charge in [-0.05, 0) is 37.8 Å². The Labute approximate surface area is 174 Å². The molecule has 1 saturated carbocycles. The summed E-state index contributed by atoms with van der Waals surface area (Å²) in [6.45, 7) is 1.03. The number of hydrogen-bond donors (Lipinski definition) is 1. The lowest BCUT2D eigenvalue weighted by Crippen LogP contribution is -2.35. The molecule has 3 aromatic heterocycles. The second-order valence-electron chi connectivity index (χ2n) is 7.86. The first-order valence-electron chi connectivity index (χ1n) is 10.1. The van der Waals surface area contributed by atoms with Gasteiger partial charge in [0.2, 0.25) is 0 Å². The maximum atomic E-state index is 13.1. The minimum atomic E-state index is -4.63. The molecule has 1 fully saturated rings. The van der Waals surface area contributed by atoms with Crippen LogP contribution in [0.4, 0.5) is 19.0 Å². The Kier molecular flexibility index (Phi) is 4.88. The molecule has 5 rings (SSSR count). The SMILES string of the molecule is O=c1cc2c(nn1C1CCC(Nc3ccc4nnc(C(F)(F)F)n4n3)CC1)CCOC2. The van der Waals surface area contributed by atoms with Gasteiger partial charge in [0.1, 0.15) is 5.82 Å². The molecule has 0 saturated heterocycles. The summed E-state index contributed by atoms with van der Waals surface area (Å²) in [6.07, 6.45) is -0.973. The van der Waals surface area contributed by atoms with Crippen LogP contribution in [0.2, 0.25) is 0 Å². The van der Waals surface area contributed by atoms with Crippen molar-refractivity contribution in [1.29, 1.82) is 0 Å². The van der Waals surface area contributed by atoms with Crippen LogP contribution in [0.5, 0.6) is 0 Å². The van der Waals surface area contributed by atoms with E-state index in [1.807, 2.05) is 0 Å². The number of alkyl halides is 3. The van der Waals surface area contributed by atoms with Crippen LogP contribution in [-0.4, -0.2) is 42.2 Å². The summed E-state index contributed by atoms with van der Waals surface area (Å²) in [5, 5.41) is 18.5. The van der Waals surface area contributed by atoms with Crippen LogP contribution in [0.25, 0.3) is 5.65 Å². The molecular formula is C19H20F3N7O2. The molecule has 0 radical (unpaired) electrons. The van der Waals surface area contributed by atoms with Crippen molar-refractivity contribution in [2.45, 2.75) is 57.0 Å². The molecule has 31 heavy (non-hydrogen) atoms. The van der Waals surface area contributed by atoms with Gasteiger partial charge < -0.3 is 10.1 Å². The third-order valence-corrected chi connectivity index (χ3v) is 5.77. The molecule has 3 aromatic rings. The Morgan fingerprint density at radius 2 is 1.90 bits per heavy atom. The van der Waals surface area contributed by atoms with Crippen LogP contribution in [-0.2, 0) is 23.9 Å². The zero-order valence-corrected chi connectivity index (χ0v) is 16.5. The van der Waals surface area contributed by atoms with Gasteiger partial charge in [-0.1, -0.05) is 0 Å². The lowest BCUT2D eigenvalue weighted by Gasteiger charge is -2.30. The van der Waals surface area contributed by atoms with Crippen molar-refractivity contribution >= 4 is 11.5 Å². The summed E-state index contributed by atoms with van der Waals surface area (Å²) >= 11 is 0. The molecule has 0 atom stereocenters. The summed E-state index contributed by atoms with van der Waals surface area (Å²) in [6, 6.07) is 4.69. The van der Waals surface area contributed by atoms with Gasteiger partial charge in [-0.2, -0.15) is 22.8 Å². The lowest BCUT2D eigenvalue weighted by molar-refractivity contribution is -0.146. The minimum absolute atomic E-state index is 0.00353. The number of nitrogens with one attached hydrogen (secondary N) is 1. The number of rotatable bonds is 3. The third kappa shape index (κ3) is 3.87. The Bertz CT molecular complexity index is 1170. The fraction of sp³-hybridized carbons (Fsp3) is 0.526. The van der Waals surface area contributed by atoms with E-state index in [1.165, 1.54) is 6.07 Å². The zero-order chi connectivity index (χ0) is 21.6. The first kappa shape index (κ1) is 19.9. The Balaban J connectivity index is 1.28. The second kappa shape index (κ2) is 7.59. The molecule has 0 spiro atoms. The highest BCUT2D eigenvalue weighted by atomic mass is 19.4. The van der Waals surface area contributed by atoms with Crippen LogP contribution < -0.4 is 10.9 Å². The zero-order valence-electron chi connectivity index (χ0n) is 16.5. The summed E-state index contributed by atoms with van der Waals surface area (Å²) in [5.74, 6) is -0.830. The summed E-state index contributed by atoms with van der Waals surface area (Å²) in [5.41, 5.74) is 1.68. The quantitative estimate of drug-likeness (QED) is 0.674.